The highest BCUT2D eigenvalue weighted by atomic mass is 16.3. The lowest BCUT2D eigenvalue weighted by molar-refractivity contribution is 0.0488. The molecule has 0 fully saturated rings. The van der Waals surface area contributed by atoms with E-state index in [9.17, 15) is 19.8 Å². The minimum Gasteiger partial charge on any atom is -0.384 e. The molecule has 4 nitrogen and oxygen atoms in total. The first-order chi connectivity index (χ1) is 11.6. The van der Waals surface area contributed by atoms with Gasteiger partial charge in [-0.2, -0.15) is 0 Å². The number of benzene rings is 2. The quantitative estimate of drug-likeness (QED) is 0.789. The van der Waals surface area contributed by atoms with E-state index in [0.717, 1.165) is 0 Å². The van der Waals surface area contributed by atoms with Gasteiger partial charge >= 0.3 is 0 Å². The summed E-state index contributed by atoms with van der Waals surface area (Å²) in [5, 5.41) is 20.3. The number of carbonyl (C=O) groups is 2. The van der Waals surface area contributed by atoms with Crippen LogP contribution in [0.3, 0.4) is 0 Å². The number of hydrogen-bond acceptors (Lipinski definition) is 4. The van der Waals surface area contributed by atoms with Crippen LogP contribution in [0.1, 0.15) is 65.6 Å². The van der Waals surface area contributed by atoms with Gasteiger partial charge in [0.05, 0.1) is 0 Å². The van der Waals surface area contributed by atoms with Crippen LogP contribution >= 0.6 is 0 Å². The average Bonchev–Trinajstić information content (AvgIpc) is 2.59. The Morgan fingerprint density at radius 2 is 1.24 bits per heavy atom. The van der Waals surface area contributed by atoms with Gasteiger partial charge in [0.25, 0.3) is 0 Å². The van der Waals surface area contributed by atoms with Gasteiger partial charge in [-0.05, 0) is 25.0 Å². The van der Waals surface area contributed by atoms with E-state index in [4.69, 9.17) is 0 Å². The van der Waals surface area contributed by atoms with Crippen LogP contribution < -0.4 is 0 Å². The molecule has 2 N–H and O–H groups in total. The van der Waals surface area contributed by atoms with Crippen molar-refractivity contribution in [2.45, 2.75) is 39.4 Å². The molecule has 1 atom stereocenters. The van der Waals surface area contributed by atoms with Crippen LogP contribution in [-0.2, 0) is 0 Å². The molecule has 0 radical (unpaired) electrons. The maximum absolute atomic E-state index is 12.0. The van der Waals surface area contributed by atoms with Crippen molar-refractivity contribution in [2.24, 2.45) is 5.92 Å². The third-order valence-corrected chi connectivity index (χ3v) is 4.08. The Morgan fingerprint density at radius 3 is 1.60 bits per heavy atom. The highest BCUT2D eigenvalue weighted by molar-refractivity contribution is 6.01. The minimum absolute atomic E-state index is 0.0653. The maximum Gasteiger partial charge on any atom is 0.193 e. The standard InChI is InChI=1S/C21H24O4/c1-13(2)18(22)14-5-7-15(8-6-14)19(23)16-9-11-17(12-10-16)20(24)21(3,4)25/h5-13,19,23,25H,1-4H3. The Kier molecular flexibility index (Phi) is 5.55. The van der Waals surface area contributed by atoms with E-state index < -0.39 is 11.7 Å². The van der Waals surface area contributed by atoms with Crippen molar-refractivity contribution in [1.82, 2.24) is 0 Å². The van der Waals surface area contributed by atoms with Gasteiger partial charge in [-0.1, -0.05) is 62.4 Å². The van der Waals surface area contributed by atoms with Gasteiger partial charge in [0.15, 0.2) is 11.6 Å². The van der Waals surface area contributed by atoms with E-state index in [-0.39, 0.29) is 17.5 Å². The van der Waals surface area contributed by atoms with Crippen molar-refractivity contribution in [3.63, 3.8) is 0 Å². The number of rotatable bonds is 6. The molecule has 4 heteroatoms. The van der Waals surface area contributed by atoms with E-state index >= 15 is 0 Å². The Labute approximate surface area is 148 Å². The summed E-state index contributed by atoms with van der Waals surface area (Å²) in [7, 11) is 0. The Hall–Kier alpha value is -2.30. The first-order valence-corrected chi connectivity index (χ1v) is 8.30. The summed E-state index contributed by atoms with van der Waals surface area (Å²) in [4.78, 5) is 24.0. The van der Waals surface area contributed by atoms with Crippen LogP contribution in [-0.4, -0.2) is 27.4 Å². The van der Waals surface area contributed by atoms with Crippen molar-refractivity contribution in [3.05, 3.63) is 70.8 Å². The molecule has 0 aliphatic rings. The van der Waals surface area contributed by atoms with Crippen LogP contribution in [0, 0.1) is 5.92 Å². The zero-order valence-corrected chi connectivity index (χ0v) is 15.0. The predicted molar refractivity (Wildman–Crippen MR) is 96.7 cm³/mol. The lowest BCUT2D eigenvalue weighted by Crippen LogP contribution is -2.31. The molecule has 0 saturated heterocycles. The topological polar surface area (TPSA) is 74.6 Å². The molecular formula is C21H24O4. The molecule has 132 valence electrons. The summed E-state index contributed by atoms with van der Waals surface area (Å²) in [6, 6.07) is 13.4. The molecule has 0 aliphatic heterocycles. The molecule has 1 unspecified atom stereocenters. The second-order valence-corrected chi connectivity index (χ2v) is 7.05. The maximum atomic E-state index is 12.0. The summed E-state index contributed by atoms with van der Waals surface area (Å²) < 4.78 is 0. The monoisotopic (exact) mass is 340 g/mol. The molecule has 0 saturated carbocycles. The molecule has 0 amide bonds. The van der Waals surface area contributed by atoms with Crippen LogP contribution in [0.2, 0.25) is 0 Å². The van der Waals surface area contributed by atoms with Gasteiger partial charge in [-0.15, -0.1) is 0 Å². The number of aliphatic hydroxyl groups is 2. The molecule has 0 heterocycles. The van der Waals surface area contributed by atoms with Gasteiger partial charge in [-0.3, -0.25) is 9.59 Å². The third-order valence-electron chi connectivity index (χ3n) is 4.08. The second-order valence-electron chi connectivity index (χ2n) is 7.05. The molecule has 0 aliphatic carbocycles. The van der Waals surface area contributed by atoms with Gasteiger partial charge in [0.2, 0.25) is 0 Å². The van der Waals surface area contributed by atoms with Crippen LogP contribution in [0.4, 0.5) is 0 Å². The number of aliphatic hydroxyl groups excluding tert-OH is 1. The van der Waals surface area contributed by atoms with Crippen molar-refractivity contribution in [2.75, 3.05) is 0 Å². The molecule has 2 rings (SSSR count). The highest BCUT2D eigenvalue weighted by Gasteiger charge is 2.25. The van der Waals surface area contributed by atoms with E-state index in [1.54, 1.807) is 48.5 Å². The largest absolute Gasteiger partial charge is 0.384 e. The average molecular weight is 340 g/mol. The van der Waals surface area contributed by atoms with Crippen molar-refractivity contribution < 1.29 is 19.8 Å². The minimum atomic E-state index is -1.43. The molecule has 2 aromatic rings. The normalized spacial score (nSPS) is 12.9. The smallest absolute Gasteiger partial charge is 0.193 e. The van der Waals surface area contributed by atoms with E-state index in [0.29, 0.717) is 22.3 Å². The number of ketones is 2. The molecule has 25 heavy (non-hydrogen) atoms. The SMILES string of the molecule is CC(C)C(=O)c1ccc(C(O)c2ccc(C(=O)C(C)(C)O)cc2)cc1. The second kappa shape index (κ2) is 7.30. The molecule has 0 spiro atoms. The fourth-order valence-electron chi connectivity index (χ4n) is 2.53. The molecule has 0 aromatic heterocycles. The first-order valence-electron chi connectivity index (χ1n) is 8.30. The molecule has 2 aromatic carbocycles. The number of hydrogen-bond donors (Lipinski definition) is 2. The number of carbonyl (C=O) groups excluding carboxylic acids is 2. The zero-order chi connectivity index (χ0) is 18.8. The lowest BCUT2D eigenvalue weighted by Gasteiger charge is -2.17. The Bertz CT molecular complexity index is 750. The summed E-state index contributed by atoms with van der Waals surface area (Å²) in [6.45, 7) is 6.58. The van der Waals surface area contributed by atoms with E-state index in [2.05, 4.69) is 0 Å². The van der Waals surface area contributed by atoms with Crippen molar-refractivity contribution in [3.8, 4) is 0 Å². The summed E-state index contributed by atoms with van der Waals surface area (Å²) in [5.74, 6) is -0.378. The van der Waals surface area contributed by atoms with Crippen LogP contribution in [0.5, 0.6) is 0 Å². The lowest BCUT2D eigenvalue weighted by atomic mass is 9.93. The van der Waals surface area contributed by atoms with Gasteiger partial charge in [0, 0.05) is 17.0 Å². The fraction of sp³-hybridized carbons (Fsp3) is 0.333. The van der Waals surface area contributed by atoms with E-state index in [1.165, 1.54) is 13.8 Å². The van der Waals surface area contributed by atoms with Crippen molar-refractivity contribution in [1.29, 1.82) is 0 Å². The predicted octanol–water partition coefficient (Wildman–Crippen LogP) is 3.56. The summed E-state index contributed by atoms with van der Waals surface area (Å²) in [6.07, 6.45) is -0.852. The Balaban J connectivity index is 2.19. The van der Waals surface area contributed by atoms with Gasteiger partial charge < -0.3 is 10.2 Å². The fourth-order valence-corrected chi connectivity index (χ4v) is 2.53. The summed E-state index contributed by atoms with van der Waals surface area (Å²) in [5.41, 5.74) is 0.884. The summed E-state index contributed by atoms with van der Waals surface area (Å²) >= 11 is 0. The van der Waals surface area contributed by atoms with Crippen LogP contribution in [0.25, 0.3) is 0 Å². The third kappa shape index (κ3) is 4.41. The molecule has 0 bridgehead atoms. The van der Waals surface area contributed by atoms with Crippen molar-refractivity contribution >= 4 is 11.6 Å². The molecular weight excluding hydrogens is 316 g/mol. The highest BCUT2D eigenvalue weighted by Crippen LogP contribution is 2.24. The van der Waals surface area contributed by atoms with E-state index in [1.807, 2.05) is 13.8 Å². The number of Topliss-reactive ketones (excluding diaryl/α,β-unsaturated/α-hetero) is 2. The zero-order valence-electron chi connectivity index (χ0n) is 15.0. The van der Waals surface area contributed by atoms with Gasteiger partial charge in [0.1, 0.15) is 11.7 Å². The first kappa shape index (κ1) is 19.0. The van der Waals surface area contributed by atoms with Crippen LogP contribution in [0.15, 0.2) is 48.5 Å². The Morgan fingerprint density at radius 1 is 0.840 bits per heavy atom. The van der Waals surface area contributed by atoms with Gasteiger partial charge in [-0.25, -0.2) is 0 Å².